The first-order valence-electron chi connectivity index (χ1n) is 5.77. The van der Waals surface area contributed by atoms with Crippen LogP contribution in [0.25, 0.3) is 0 Å². The van der Waals surface area contributed by atoms with Crippen molar-refractivity contribution in [3.63, 3.8) is 0 Å². The fourth-order valence-electron chi connectivity index (χ4n) is 1.61. The fourth-order valence-corrected chi connectivity index (χ4v) is 4.96. The minimum atomic E-state index is -3.93. The molecule has 0 unspecified atom stereocenters. The van der Waals surface area contributed by atoms with Gasteiger partial charge in [-0.2, -0.15) is 0 Å². The van der Waals surface area contributed by atoms with E-state index >= 15 is 0 Å². The number of thiophene rings is 1. The third-order valence-electron chi connectivity index (χ3n) is 2.63. The average molecular weight is 348 g/mol. The second-order valence-corrected chi connectivity index (χ2v) is 8.25. The highest BCUT2D eigenvalue weighted by Gasteiger charge is 2.25. The van der Waals surface area contributed by atoms with Crippen molar-refractivity contribution in [2.45, 2.75) is 24.5 Å². The molecule has 0 radical (unpaired) electrons. The van der Waals surface area contributed by atoms with Crippen molar-refractivity contribution in [2.75, 3.05) is 10.5 Å². The molecule has 2 aromatic heterocycles. The number of nitrogen functional groups attached to an aromatic ring is 1. The molecule has 3 N–H and O–H groups in total. The van der Waals surface area contributed by atoms with E-state index in [0.29, 0.717) is 17.8 Å². The summed E-state index contributed by atoms with van der Waals surface area (Å²) in [6.45, 7) is 3.77. The van der Waals surface area contributed by atoms with E-state index in [9.17, 15) is 18.5 Å². The Morgan fingerprint density at radius 2 is 2.14 bits per heavy atom. The lowest BCUT2D eigenvalue weighted by Crippen LogP contribution is -2.11. The standard InChI is InChI=1S/C10H12N4O4S3/c1-3-6-5(2)19-10(12-6)13-21(17,18)8-4-7(14(15)16)9(11)20-8/h4H,3,11H2,1-2H3,(H,12,13). The highest BCUT2D eigenvalue weighted by Crippen LogP contribution is 2.35. The molecule has 0 fully saturated rings. The van der Waals surface area contributed by atoms with Gasteiger partial charge in [-0.25, -0.2) is 13.4 Å². The van der Waals surface area contributed by atoms with Crippen LogP contribution in [0.1, 0.15) is 17.5 Å². The highest BCUT2D eigenvalue weighted by molar-refractivity contribution is 7.95. The van der Waals surface area contributed by atoms with Gasteiger partial charge in [-0.1, -0.05) is 18.3 Å². The van der Waals surface area contributed by atoms with Crippen molar-refractivity contribution in [1.29, 1.82) is 0 Å². The summed E-state index contributed by atoms with van der Waals surface area (Å²) in [5.41, 5.74) is 5.86. The number of nitrogens with zero attached hydrogens (tertiary/aromatic N) is 2. The molecular formula is C10H12N4O4S3. The summed E-state index contributed by atoms with van der Waals surface area (Å²) in [5, 5.41) is 10.8. The minimum Gasteiger partial charge on any atom is -0.385 e. The Balaban J connectivity index is 2.33. The number of hydrogen-bond donors (Lipinski definition) is 2. The molecule has 0 aliphatic carbocycles. The molecule has 11 heteroatoms. The molecule has 2 rings (SSSR count). The third-order valence-corrected chi connectivity index (χ3v) is 6.45. The molecule has 114 valence electrons. The van der Waals surface area contributed by atoms with Crippen LogP contribution >= 0.6 is 22.7 Å². The minimum absolute atomic E-state index is 0.148. The molecule has 21 heavy (non-hydrogen) atoms. The zero-order valence-electron chi connectivity index (χ0n) is 11.1. The first-order chi connectivity index (χ1) is 9.74. The summed E-state index contributed by atoms with van der Waals surface area (Å²) in [4.78, 5) is 15.1. The molecule has 0 amide bonds. The van der Waals surface area contributed by atoms with Crippen LogP contribution in [-0.4, -0.2) is 18.3 Å². The predicted octanol–water partition coefficient (Wildman–Crippen LogP) is 2.37. The van der Waals surface area contributed by atoms with Gasteiger partial charge >= 0.3 is 5.69 Å². The second-order valence-electron chi connectivity index (χ2n) is 4.05. The number of aryl methyl sites for hydroxylation is 2. The van der Waals surface area contributed by atoms with Crippen LogP contribution in [0.3, 0.4) is 0 Å². The van der Waals surface area contributed by atoms with Crippen LogP contribution in [0.15, 0.2) is 10.3 Å². The number of nitro groups is 1. The van der Waals surface area contributed by atoms with E-state index < -0.39 is 20.6 Å². The van der Waals surface area contributed by atoms with Gasteiger partial charge in [-0.15, -0.1) is 11.3 Å². The molecule has 0 saturated carbocycles. The Bertz CT molecular complexity index is 793. The summed E-state index contributed by atoms with van der Waals surface area (Å²) < 4.78 is 26.5. The first-order valence-corrected chi connectivity index (χ1v) is 8.89. The Morgan fingerprint density at radius 3 is 2.62 bits per heavy atom. The number of sulfonamides is 1. The van der Waals surface area contributed by atoms with E-state index in [-0.39, 0.29) is 14.3 Å². The van der Waals surface area contributed by atoms with Crippen LogP contribution in [0, 0.1) is 17.0 Å². The molecule has 8 nitrogen and oxygen atoms in total. The Hall–Kier alpha value is -1.72. The van der Waals surface area contributed by atoms with E-state index in [1.165, 1.54) is 11.3 Å². The quantitative estimate of drug-likeness (QED) is 0.630. The molecular weight excluding hydrogens is 336 g/mol. The van der Waals surface area contributed by atoms with Crippen LogP contribution in [0.2, 0.25) is 0 Å². The zero-order valence-corrected chi connectivity index (χ0v) is 13.6. The van der Waals surface area contributed by atoms with Crippen LogP contribution in [-0.2, 0) is 16.4 Å². The van der Waals surface area contributed by atoms with Crippen LogP contribution in [0.5, 0.6) is 0 Å². The molecule has 0 atom stereocenters. The van der Waals surface area contributed by atoms with Gasteiger partial charge in [0, 0.05) is 10.9 Å². The SMILES string of the molecule is CCc1nc(NS(=O)(=O)c2cc([N+](=O)[O-])c(N)s2)sc1C. The largest absolute Gasteiger partial charge is 0.385 e. The Kier molecular flexibility index (Phi) is 4.16. The molecule has 0 aromatic carbocycles. The Morgan fingerprint density at radius 1 is 1.48 bits per heavy atom. The molecule has 2 aromatic rings. The molecule has 2 heterocycles. The first kappa shape index (κ1) is 15.7. The summed E-state index contributed by atoms with van der Waals surface area (Å²) in [6.07, 6.45) is 0.696. The van der Waals surface area contributed by atoms with Gasteiger partial charge in [-0.3, -0.25) is 14.8 Å². The van der Waals surface area contributed by atoms with E-state index in [0.717, 1.165) is 16.6 Å². The van der Waals surface area contributed by atoms with Gasteiger partial charge in [0.2, 0.25) is 0 Å². The maximum Gasteiger partial charge on any atom is 0.304 e. The van der Waals surface area contributed by atoms with E-state index in [1.54, 1.807) is 0 Å². The molecule has 0 bridgehead atoms. The van der Waals surface area contributed by atoms with Gasteiger partial charge in [-0.05, 0) is 13.3 Å². The number of nitrogens with two attached hydrogens (primary N) is 1. The second kappa shape index (κ2) is 5.58. The van der Waals surface area contributed by atoms with E-state index in [2.05, 4.69) is 9.71 Å². The number of thiazole rings is 1. The van der Waals surface area contributed by atoms with Gasteiger partial charge < -0.3 is 5.73 Å². The number of hydrogen-bond acceptors (Lipinski definition) is 8. The van der Waals surface area contributed by atoms with Crippen molar-refractivity contribution in [3.05, 3.63) is 26.8 Å². The smallest absolute Gasteiger partial charge is 0.304 e. The monoisotopic (exact) mass is 348 g/mol. The number of anilines is 2. The number of aromatic nitrogens is 1. The number of rotatable bonds is 5. The maximum absolute atomic E-state index is 12.2. The highest BCUT2D eigenvalue weighted by atomic mass is 32.2. The van der Waals surface area contributed by atoms with Gasteiger partial charge in [0.25, 0.3) is 10.0 Å². The summed E-state index contributed by atoms with van der Waals surface area (Å²) in [7, 11) is -3.93. The van der Waals surface area contributed by atoms with E-state index in [4.69, 9.17) is 5.73 Å². The topological polar surface area (TPSA) is 128 Å². The van der Waals surface area contributed by atoms with Crippen molar-refractivity contribution in [2.24, 2.45) is 0 Å². The summed E-state index contributed by atoms with van der Waals surface area (Å²) in [6, 6.07) is 0.948. The maximum atomic E-state index is 12.2. The van der Waals surface area contributed by atoms with Crippen molar-refractivity contribution < 1.29 is 13.3 Å². The summed E-state index contributed by atoms with van der Waals surface area (Å²) >= 11 is 1.86. The average Bonchev–Trinajstić information content (AvgIpc) is 2.92. The van der Waals surface area contributed by atoms with Gasteiger partial charge in [0.05, 0.1) is 10.6 Å². The lowest BCUT2D eigenvalue weighted by molar-refractivity contribution is -0.383. The fraction of sp³-hybridized carbons (Fsp3) is 0.300. The van der Waals surface area contributed by atoms with E-state index in [1.807, 2.05) is 13.8 Å². The molecule has 0 aliphatic heterocycles. The normalized spacial score (nSPS) is 11.5. The molecule has 0 aliphatic rings. The predicted molar refractivity (Wildman–Crippen MR) is 82.4 cm³/mol. The zero-order chi connectivity index (χ0) is 15.8. The van der Waals surface area contributed by atoms with Crippen molar-refractivity contribution >= 4 is 48.5 Å². The van der Waals surface area contributed by atoms with Crippen molar-refractivity contribution in [3.8, 4) is 0 Å². The summed E-state index contributed by atoms with van der Waals surface area (Å²) in [5.74, 6) is 0. The lowest BCUT2D eigenvalue weighted by Gasteiger charge is -2.01. The third kappa shape index (κ3) is 3.14. The Labute approximate surface area is 128 Å². The number of nitrogens with one attached hydrogen (secondary N) is 1. The van der Waals surface area contributed by atoms with Crippen LogP contribution in [0.4, 0.5) is 15.8 Å². The van der Waals surface area contributed by atoms with Crippen molar-refractivity contribution in [1.82, 2.24) is 4.98 Å². The van der Waals surface area contributed by atoms with Crippen LogP contribution < -0.4 is 10.5 Å². The van der Waals surface area contributed by atoms with Gasteiger partial charge in [0.15, 0.2) is 10.1 Å². The van der Waals surface area contributed by atoms with Gasteiger partial charge in [0.1, 0.15) is 4.21 Å². The molecule has 0 spiro atoms. The molecule has 0 saturated heterocycles. The lowest BCUT2D eigenvalue weighted by atomic mass is 10.3.